The quantitative estimate of drug-likeness (QED) is 0.482. The van der Waals surface area contributed by atoms with Crippen LogP contribution >= 0.6 is 0 Å². The van der Waals surface area contributed by atoms with Gasteiger partial charge in [0.2, 0.25) is 0 Å². The minimum Gasteiger partial charge on any atom is -0.497 e. The molecule has 0 heterocycles. The van der Waals surface area contributed by atoms with Crippen LogP contribution in [0.2, 0.25) is 0 Å². The molecule has 0 aliphatic carbocycles. The van der Waals surface area contributed by atoms with Gasteiger partial charge in [-0.25, -0.2) is 0 Å². The lowest BCUT2D eigenvalue weighted by Gasteiger charge is -2.22. The van der Waals surface area contributed by atoms with Crippen molar-refractivity contribution >= 4 is 5.97 Å². The summed E-state index contributed by atoms with van der Waals surface area (Å²) >= 11 is 0. The van der Waals surface area contributed by atoms with Gasteiger partial charge in [-0.1, -0.05) is 24.8 Å². The average Bonchev–Trinajstić information content (AvgIpc) is 2.53. The fourth-order valence-electron chi connectivity index (χ4n) is 2.00. The van der Waals surface area contributed by atoms with Gasteiger partial charge in [-0.05, 0) is 37.1 Å². The molecular weight excluding hydrogens is 292 g/mol. The molecule has 0 radical (unpaired) electrons. The molecule has 2 atom stereocenters. The summed E-state index contributed by atoms with van der Waals surface area (Å²) in [6, 6.07) is 7.73. The second kappa shape index (κ2) is 9.85. The molecule has 4 heteroatoms. The predicted molar refractivity (Wildman–Crippen MR) is 91.4 cm³/mol. The van der Waals surface area contributed by atoms with E-state index < -0.39 is 0 Å². The van der Waals surface area contributed by atoms with Crippen molar-refractivity contribution in [3.8, 4) is 5.75 Å². The Morgan fingerprint density at radius 3 is 2.48 bits per heavy atom. The molecule has 0 aromatic heterocycles. The second-order valence-electron chi connectivity index (χ2n) is 5.52. The van der Waals surface area contributed by atoms with E-state index in [-0.39, 0.29) is 24.6 Å². The van der Waals surface area contributed by atoms with E-state index in [0.29, 0.717) is 13.0 Å². The highest BCUT2D eigenvalue weighted by Gasteiger charge is 2.18. The molecule has 4 nitrogen and oxygen atoms in total. The van der Waals surface area contributed by atoms with Crippen LogP contribution in [-0.2, 0) is 20.9 Å². The van der Waals surface area contributed by atoms with Crippen LogP contribution in [0.3, 0.4) is 0 Å². The molecule has 1 aromatic rings. The van der Waals surface area contributed by atoms with Gasteiger partial charge in [0, 0.05) is 6.42 Å². The lowest BCUT2D eigenvalue weighted by Crippen LogP contribution is -2.24. The van der Waals surface area contributed by atoms with Crippen LogP contribution in [0.4, 0.5) is 0 Å². The highest BCUT2D eigenvalue weighted by Crippen LogP contribution is 2.17. The standard InChI is InChI=1S/C19H26O4/c1-6-7-19(20)23-18(14(2)3)12-15(4)22-13-16-8-10-17(21-5)11-9-16/h6,8-11,15,18H,1-2,7,12-13H2,3-5H3/t15-,18-/m0/s1. The maximum absolute atomic E-state index is 11.6. The van der Waals surface area contributed by atoms with E-state index >= 15 is 0 Å². The van der Waals surface area contributed by atoms with Crippen LogP contribution in [-0.4, -0.2) is 25.3 Å². The molecule has 0 bridgehead atoms. The van der Waals surface area contributed by atoms with Crippen LogP contribution in [0.1, 0.15) is 32.3 Å². The number of hydrogen-bond donors (Lipinski definition) is 0. The molecule has 0 N–H and O–H groups in total. The fourth-order valence-corrected chi connectivity index (χ4v) is 2.00. The summed E-state index contributed by atoms with van der Waals surface area (Å²) in [4.78, 5) is 11.6. The number of hydrogen-bond acceptors (Lipinski definition) is 4. The minimum atomic E-state index is -0.340. The number of methoxy groups -OCH3 is 1. The van der Waals surface area contributed by atoms with Gasteiger partial charge in [-0.2, -0.15) is 0 Å². The van der Waals surface area contributed by atoms with Crippen molar-refractivity contribution in [2.24, 2.45) is 0 Å². The van der Waals surface area contributed by atoms with Crippen molar-refractivity contribution < 1.29 is 19.0 Å². The second-order valence-corrected chi connectivity index (χ2v) is 5.52. The zero-order valence-corrected chi connectivity index (χ0v) is 14.2. The van der Waals surface area contributed by atoms with E-state index in [9.17, 15) is 4.79 Å². The molecule has 0 unspecified atom stereocenters. The number of benzene rings is 1. The van der Waals surface area contributed by atoms with Gasteiger partial charge in [-0.15, -0.1) is 6.58 Å². The van der Waals surface area contributed by atoms with Gasteiger partial charge < -0.3 is 14.2 Å². The Labute approximate surface area is 138 Å². The van der Waals surface area contributed by atoms with Crippen molar-refractivity contribution in [2.75, 3.05) is 7.11 Å². The van der Waals surface area contributed by atoms with Gasteiger partial charge >= 0.3 is 5.97 Å². The Hall–Kier alpha value is -2.07. The summed E-state index contributed by atoms with van der Waals surface area (Å²) in [5, 5.41) is 0. The fraction of sp³-hybridized carbons (Fsp3) is 0.421. The number of carbonyl (C=O) groups is 1. The Morgan fingerprint density at radius 1 is 1.30 bits per heavy atom. The van der Waals surface area contributed by atoms with E-state index in [1.165, 1.54) is 6.08 Å². The third kappa shape index (κ3) is 7.15. The SMILES string of the molecule is C=CCC(=O)O[C@@H](C[C@H](C)OCc1ccc(OC)cc1)C(=C)C. The van der Waals surface area contributed by atoms with E-state index in [1.807, 2.05) is 38.1 Å². The maximum Gasteiger partial charge on any atom is 0.310 e. The normalized spacial score (nSPS) is 13.0. The van der Waals surface area contributed by atoms with Crippen LogP contribution in [0.25, 0.3) is 0 Å². The molecule has 0 spiro atoms. The summed E-state index contributed by atoms with van der Waals surface area (Å²) in [6.45, 7) is 11.7. The Morgan fingerprint density at radius 2 is 1.96 bits per heavy atom. The Kier molecular flexibility index (Phi) is 8.13. The summed E-state index contributed by atoms with van der Waals surface area (Å²) < 4.78 is 16.4. The smallest absolute Gasteiger partial charge is 0.310 e. The van der Waals surface area contributed by atoms with E-state index in [1.54, 1.807) is 7.11 Å². The lowest BCUT2D eigenvalue weighted by molar-refractivity contribution is -0.147. The first-order valence-corrected chi connectivity index (χ1v) is 7.66. The van der Waals surface area contributed by atoms with Crippen molar-refractivity contribution in [1.29, 1.82) is 0 Å². The van der Waals surface area contributed by atoms with Crippen LogP contribution in [0.15, 0.2) is 49.1 Å². The third-order valence-corrected chi connectivity index (χ3v) is 3.37. The summed E-state index contributed by atoms with van der Waals surface area (Å²) in [5.41, 5.74) is 1.87. The molecule has 0 aliphatic rings. The van der Waals surface area contributed by atoms with Crippen LogP contribution in [0, 0.1) is 0 Å². The highest BCUT2D eigenvalue weighted by atomic mass is 16.5. The summed E-state index contributed by atoms with van der Waals surface area (Å²) in [6.07, 6.45) is 1.91. The minimum absolute atomic E-state index is 0.0599. The maximum atomic E-state index is 11.6. The zero-order valence-electron chi connectivity index (χ0n) is 14.2. The third-order valence-electron chi connectivity index (χ3n) is 3.37. The molecule has 0 saturated carbocycles. The molecule has 23 heavy (non-hydrogen) atoms. The van der Waals surface area contributed by atoms with Crippen molar-refractivity contribution in [3.05, 3.63) is 54.6 Å². The first-order valence-electron chi connectivity index (χ1n) is 7.66. The van der Waals surface area contributed by atoms with E-state index in [2.05, 4.69) is 13.2 Å². The number of carbonyl (C=O) groups excluding carboxylic acids is 1. The van der Waals surface area contributed by atoms with Crippen LogP contribution in [0.5, 0.6) is 5.75 Å². The molecular formula is C19H26O4. The molecule has 1 rings (SSSR count). The van der Waals surface area contributed by atoms with Gasteiger partial charge in [0.15, 0.2) is 0 Å². The van der Waals surface area contributed by atoms with Crippen molar-refractivity contribution in [1.82, 2.24) is 0 Å². The van der Waals surface area contributed by atoms with Gasteiger partial charge in [0.25, 0.3) is 0 Å². The predicted octanol–water partition coefficient (Wildman–Crippen LogP) is 4.05. The first kappa shape index (κ1) is 19.0. The average molecular weight is 318 g/mol. The van der Waals surface area contributed by atoms with Crippen molar-refractivity contribution in [2.45, 2.75) is 45.5 Å². The molecule has 0 aliphatic heterocycles. The zero-order chi connectivity index (χ0) is 17.2. The van der Waals surface area contributed by atoms with E-state index in [4.69, 9.17) is 14.2 Å². The molecule has 0 saturated heterocycles. The van der Waals surface area contributed by atoms with Crippen LogP contribution < -0.4 is 4.74 Å². The Balaban J connectivity index is 2.47. The number of esters is 1. The van der Waals surface area contributed by atoms with Crippen molar-refractivity contribution in [3.63, 3.8) is 0 Å². The molecule has 1 aromatic carbocycles. The van der Waals surface area contributed by atoms with E-state index in [0.717, 1.165) is 16.9 Å². The summed E-state index contributed by atoms with van der Waals surface area (Å²) in [7, 11) is 1.64. The number of rotatable bonds is 10. The van der Waals surface area contributed by atoms with Gasteiger partial charge in [-0.3, -0.25) is 4.79 Å². The number of ether oxygens (including phenoxy) is 3. The summed E-state index contributed by atoms with van der Waals surface area (Å²) in [5.74, 6) is 0.522. The molecule has 126 valence electrons. The monoisotopic (exact) mass is 318 g/mol. The van der Waals surface area contributed by atoms with Gasteiger partial charge in [0.1, 0.15) is 11.9 Å². The highest BCUT2D eigenvalue weighted by molar-refractivity contribution is 5.71. The molecule has 0 amide bonds. The lowest BCUT2D eigenvalue weighted by atomic mass is 10.1. The Bertz CT molecular complexity index is 519. The first-order chi connectivity index (χ1) is 11.0. The van der Waals surface area contributed by atoms with Gasteiger partial charge in [0.05, 0.1) is 26.2 Å². The topological polar surface area (TPSA) is 44.8 Å². The largest absolute Gasteiger partial charge is 0.497 e. The molecule has 0 fully saturated rings.